The molecule has 7 N–H and O–H groups in total. The van der Waals surface area contributed by atoms with Crippen molar-refractivity contribution in [3.63, 3.8) is 0 Å². The molecule has 0 aromatic carbocycles. The molecule has 140 valence electrons. The summed E-state index contributed by atoms with van der Waals surface area (Å²) in [4.78, 5) is 34.3. The summed E-state index contributed by atoms with van der Waals surface area (Å²) >= 11 is 0. The summed E-state index contributed by atoms with van der Waals surface area (Å²) in [7, 11) is 0. The van der Waals surface area contributed by atoms with Gasteiger partial charge in [-0.15, -0.1) is 0 Å². The van der Waals surface area contributed by atoms with Crippen molar-refractivity contribution in [1.29, 1.82) is 0 Å². The molecule has 1 aliphatic rings. The van der Waals surface area contributed by atoms with E-state index in [-0.39, 0.29) is 30.1 Å². The molecule has 1 fully saturated rings. The van der Waals surface area contributed by atoms with Gasteiger partial charge in [-0.2, -0.15) is 0 Å². The van der Waals surface area contributed by atoms with Gasteiger partial charge in [0.25, 0.3) is 0 Å². The normalized spacial score (nSPS) is 25.3. The van der Waals surface area contributed by atoms with Gasteiger partial charge in [0, 0.05) is 0 Å². The molecule has 2 aromatic heterocycles. The quantitative estimate of drug-likeness (QED) is 0.374. The summed E-state index contributed by atoms with van der Waals surface area (Å²) in [5.41, 5.74) is 10.6. The summed E-state index contributed by atoms with van der Waals surface area (Å²) < 4.78 is 11.5. The van der Waals surface area contributed by atoms with Crippen molar-refractivity contribution >= 4 is 29.0 Å². The van der Waals surface area contributed by atoms with Gasteiger partial charge in [-0.25, -0.2) is 19.7 Å². The number of nitrogens with two attached hydrogens (primary N) is 2. The van der Waals surface area contributed by atoms with Crippen LogP contribution in [-0.2, 0) is 14.3 Å². The molecule has 4 atom stereocenters. The third-order valence-electron chi connectivity index (χ3n) is 3.80. The minimum atomic E-state index is -1.34. The van der Waals surface area contributed by atoms with E-state index in [1.165, 1.54) is 17.2 Å². The monoisotopic (exact) mass is 367 g/mol. The number of anilines is 1. The molecule has 0 spiro atoms. The van der Waals surface area contributed by atoms with E-state index in [1.54, 1.807) is 0 Å². The third kappa shape index (κ3) is 3.28. The summed E-state index contributed by atoms with van der Waals surface area (Å²) in [6, 6.07) is 0. The number of ether oxygens (including phenoxy) is 2. The van der Waals surface area contributed by atoms with Crippen molar-refractivity contribution in [3.05, 3.63) is 12.7 Å². The molecule has 0 unspecified atom stereocenters. The molecule has 2 aromatic rings. The Morgan fingerprint density at radius 2 is 2.08 bits per heavy atom. The van der Waals surface area contributed by atoms with Crippen molar-refractivity contribution in [2.45, 2.75) is 24.5 Å². The number of nitrogens with one attached hydrogen (secondary N) is 1. The molecule has 13 nitrogen and oxygen atoms in total. The molecule has 2 amide bonds. The number of nitrogens with zero attached hydrogens (tertiary/aromatic N) is 4. The van der Waals surface area contributed by atoms with Gasteiger partial charge in [0.2, 0.25) is 5.91 Å². The Hall–Kier alpha value is -2.87. The first-order chi connectivity index (χ1) is 12.4. The highest BCUT2D eigenvalue weighted by atomic mass is 16.6. The number of primary amides is 1. The van der Waals surface area contributed by atoms with Crippen molar-refractivity contribution in [1.82, 2.24) is 19.5 Å². The molecular formula is C13H17N7O6. The number of amides is 2. The second-order valence-electron chi connectivity index (χ2n) is 5.47. The molecule has 1 saturated heterocycles. The maximum atomic E-state index is 11.5. The number of aromatic nitrogens is 4. The summed E-state index contributed by atoms with van der Waals surface area (Å²) in [5, 5.41) is 22.8. The number of hydrogen-bond acceptors (Lipinski definition) is 10. The van der Waals surface area contributed by atoms with E-state index in [0.29, 0.717) is 0 Å². The van der Waals surface area contributed by atoms with Crippen molar-refractivity contribution in [2.75, 3.05) is 18.5 Å². The van der Waals surface area contributed by atoms with E-state index in [4.69, 9.17) is 16.2 Å². The number of aliphatic hydroxyl groups excluding tert-OH is 2. The predicted octanol–water partition coefficient (Wildman–Crippen LogP) is -2.56. The molecule has 26 heavy (non-hydrogen) atoms. The zero-order chi connectivity index (χ0) is 18.8. The van der Waals surface area contributed by atoms with Crippen molar-refractivity contribution in [3.8, 4) is 0 Å². The molecule has 0 saturated carbocycles. The lowest BCUT2D eigenvalue weighted by molar-refractivity contribution is -0.114. The SMILES string of the molecule is NCC(=O)Nc1ncnc2c1ncn2[C@@H]1O[C@H](COC(N)=O)[C@@H](O)[C@H]1O. The summed E-state index contributed by atoms with van der Waals surface area (Å²) in [5.74, 6) is -0.318. The molecule has 3 heterocycles. The standard InChI is InChI=1S/C13H17N7O6/c14-1-6(21)19-10-7-11(17-3-16-10)20(4-18-7)12-9(23)8(22)5(26-12)2-25-13(15)24/h3-5,8-9,12,22-23H,1-2,14H2,(H2,15,24)(H,16,17,19,21)/t5-,8-,9-,12-/m1/s1. The second kappa shape index (κ2) is 7.17. The highest BCUT2D eigenvalue weighted by molar-refractivity contribution is 5.97. The fourth-order valence-electron chi connectivity index (χ4n) is 2.57. The number of rotatable bonds is 5. The lowest BCUT2D eigenvalue weighted by atomic mass is 10.1. The van der Waals surface area contributed by atoms with Gasteiger partial charge in [0.1, 0.15) is 31.2 Å². The maximum absolute atomic E-state index is 11.5. The first kappa shape index (κ1) is 17.9. The van der Waals surface area contributed by atoms with Crippen molar-refractivity contribution < 1.29 is 29.3 Å². The van der Waals surface area contributed by atoms with E-state index in [1.807, 2.05) is 0 Å². The van der Waals surface area contributed by atoms with E-state index in [0.717, 1.165) is 0 Å². The maximum Gasteiger partial charge on any atom is 0.404 e. The van der Waals surface area contributed by atoms with Gasteiger partial charge in [-0.3, -0.25) is 9.36 Å². The first-order valence-electron chi connectivity index (χ1n) is 7.53. The van der Waals surface area contributed by atoms with Crippen LogP contribution in [0.25, 0.3) is 11.2 Å². The Bertz CT molecular complexity index is 826. The number of fused-ring (bicyclic) bond motifs is 1. The summed E-state index contributed by atoms with van der Waals surface area (Å²) in [6.45, 7) is -0.562. The van der Waals surface area contributed by atoms with Crippen LogP contribution in [-0.4, -0.2) is 73.2 Å². The minimum absolute atomic E-state index is 0.144. The number of carbonyl (C=O) groups is 2. The van der Waals surface area contributed by atoms with E-state index >= 15 is 0 Å². The largest absolute Gasteiger partial charge is 0.447 e. The second-order valence-corrected chi connectivity index (χ2v) is 5.47. The number of hydrogen-bond donors (Lipinski definition) is 5. The lowest BCUT2D eigenvalue weighted by Gasteiger charge is -2.16. The third-order valence-corrected chi connectivity index (χ3v) is 3.80. The Morgan fingerprint density at radius 1 is 1.31 bits per heavy atom. The Morgan fingerprint density at radius 3 is 2.77 bits per heavy atom. The molecule has 13 heteroatoms. The van der Waals surface area contributed by atoms with Crippen LogP contribution in [0.2, 0.25) is 0 Å². The van der Waals surface area contributed by atoms with E-state index < -0.39 is 36.5 Å². The van der Waals surface area contributed by atoms with Gasteiger partial charge in [0.05, 0.1) is 12.9 Å². The fourth-order valence-corrected chi connectivity index (χ4v) is 2.57. The van der Waals surface area contributed by atoms with Gasteiger partial charge in [-0.05, 0) is 0 Å². The molecule has 0 aliphatic carbocycles. The average Bonchev–Trinajstić information content (AvgIpc) is 3.16. The average molecular weight is 367 g/mol. The van der Waals surface area contributed by atoms with Gasteiger partial charge in [-0.1, -0.05) is 0 Å². The van der Waals surface area contributed by atoms with E-state index in [9.17, 15) is 19.8 Å². The smallest absolute Gasteiger partial charge is 0.404 e. The van der Waals surface area contributed by atoms with Crippen molar-refractivity contribution in [2.24, 2.45) is 11.5 Å². The zero-order valence-electron chi connectivity index (χ0n) is 13.3. The molecule has 1 aliphatic heterocycles. The van der Waals surface area contributed by atoms with Crippen LogP contribution in [0.3, 0.4) is 0 Å². The van der Waals surface area contributed by atoms with Crippen LogP contribution in [0, 0.1) is 0 Å². The zero-order valence-corrected chi connectivity index (χ0v) is 13.3. The highest BCUT2D eigenvalue weighted by Crippen LogP contribution is 2.32. The van der Waals surface area contributed by atoms with Crippen LogP contribution in [0.4, 0.5) is 10.6 Å². The highest BCUT2D eigenvalue weighted by Gasteiger charge is 2.44. The van der Waals surface area contributed by atoms with Crippen LogP contribution >= 0.6 is 0 Å². The molecule has 3 rings (SSSR count). The number of imidazole rings is 1. The van der Waals surface area contributed by atoms with Gasteiger partial charge < -0.3 is 36.5 Å². The van der Waals surface area contributed by atoms with Gasteiger partial charge in [0.15, 0.2) is 23.2 Å². The lowest BCUT2D eigenvalue weighted by Crippen LogP contribution is -2.35. The van der Waals surface area contributed by atoms with Crippen LogP contribution in [0.1, 0.15) is 6.23 Å². The van der Waals surface area contributed by atoms with Gasteiger partial charge >= 0.3 is 6.09 Å². The van der Waals surface area contributed by atoms with Crippen LogP contribution < -0.4 is 16.8 Å². The first-order valence-corrected chi connectivity index (χ1v) is 7.53. The molecule has 0 radical (unpaired) electrons. The Kier molecular flexibility index (Phi) is 4.94. The predicted molar refractivity (Wildman–Crippen MR) is 84.5 cm³/mol. The molecular weight excluding hydrogens is 350 g/mol. The van der Waals surface area contributed by atoms with E-state index in [2.05, 4.69) is 25.0 Å². The minimum Gasteiger partial charge on any atom is -0.447 e. The molecule has 0 bridgehead atoms. The topological polar surface area (TPSA) is 201 Å². The Labute approximate surface area is 145 Å². The Balaban J connectivity index is 1.87. The summed E-state index contributed by atoms with van der Waals surface area (Å²) in [6.07, 6.45) is -3.23. The fraction of sp³-hybridized carbons (Fsp3) is 0.462. The van der Waals surface area contributed by atoms with Crippen LogP contribution in [0.15, 0.2) is 12.7 Å². The number of carbonyl (C=O) groups excluding carboxylic acids is 2. The number of aliphatic hydroxyl groups is 2. The van der Waals surface area contributed by atoms with Crippen LogP contribution in [0.5, 0.6) is 0 Å².